The van der Waals surface area contributed by atoms with Gasteiger partial charge >= 0.3 is 0 Å². The van der Waals surface area contributed by atoms with E-state index in [1.807, 2.05) is 30.3 Å². The standard InChI is InChI=1S/C15H16N2O3/c1-20-14-8-7-12(9-16-14)15(19)17-13(10-18)11-5-3-2-4-6-11/h2-9,13,18H,10H2,1H3,(H,17,19). The van der Waals surface area contributed by atoms with E-state index in [9.17, 15) is 9.90 Å². The van der Waals surface area contributed by atoms with Gasteiger partial charge in [-0.3, -0.25) is 4.79 Å². The summed E-state index contributed by atoms with van der Waals surface area (Å²) >= 11 is 0. The number of benzene rings is 1. The molecule has 0 fully saturated rings. The molecule has 1 heterocycles. The van der Waals surface area contributed by atoms with Gasteiger partial charge in [0.15, 0.2) is 0 Å². The van der Waals surface area contributed by atoms with E-state index < -0.39 is 6.04 Å². The van der Waals surface area contributed by atoms with Crippen LogP contribution in [0.15, 0.2) is 48.7 Å². The number of amides is 1. The Labute approximate surface area is 117 Å². The Bertz CT molecular complexity index is 555. The number of carbonyl (C=O) groups excluding carboxylic acids is 1. The maximum absolute atomic E-state index is 12.1. The summed E-state index contributed by atoms with van der Waals surface area (Å²) in [5.41, 5.74) is 1.27. The first-order chi connectivity index (χ1) is 9.74. The molecule has 1 aromatic carbocycles. The zero-order chi connectivity index (χ0) is 14.4. The maximum atomic E-state index is 12.1. The molecule has 1 aromatic heterocycles. The molecule has 104 valence electrons. The van der Waals surface area contributed by atoms with Gasteiger partial charge in [-0.2, -0.15) is 0 Å². The lowest BCUT2D eigenvalue weighted by Gasteiger charge is -2.16. The number of carbonyl (C=O) groups is 1. The Kier molecular flexibility index (Phi) is 4.68. The Morgan fingerprint density at radius 1 is 1.30 bits per heavy atom. The van der Waals surface area contributed by atoms with Crippen molar-refractivity contribution in [2.24, 2.45) is 0 Å². The zero-order valence-corrected chi connectivity index (χ0v) is 11.1. The van der Waals surface area contributed by atoms with Crippen LogP contribution in [-0.4, -0.2) is 29.7 Å². The second-order valence-corrected chi connectivity index (χ2v) is 4.21. The van der Waals surface area contributed by atoms with Crippen molar-refractivity contribution in [1.29, 1.82) is 0 Å². The summed E-state index contributed by atoms with van der Waals surface area (Å²) in [6.07, 6.45) is 1.44. The number of nitrogens with one attached hydrogen (secondary N) is 1. The summed E-state index contributed by atoms with van der Waals surface area (Å²) in [6, 6.07) is 12.1. The average molecular weight is 272 g/mol. The minimum atomic E-state index is -0.439. The molecular formula is C15H16N2O3. The van der Waals surface area contributed by atoms with Gasteiger partial charge in [0.25, 0.3) is 5.91 Å². The number of hydrogen-bond donors (Lipinski definition) is 2. The van der Waals surface area contributed by atoms with Gasteiger partial charge in [-0.15, -0.1) is 0 Å². The molecule has 2 N–H and O–H groups in total. The van der Waals surface area contributed by atoms with Gasteiger partial charge in [0.05, 0.1) is 25.3 Å². The van der Waals surface area contributed by atoms with E-state index in [0.29, 0.717) is 11.4 Å². The van der Waals surface area contributed by atoms with Crippen LogP contribution < -0.4 is 10.1 Å². The second-order valence-electron chi connectivity index (χ2n) is 4.21. The van der Waals surface area contributed by atoms with E-state index in [4.69, 9.17) is 4.74 Å². The molecule has 0 aliphatic heterocycles. The first-order valence-electron chi connectivity index (χ1n) is 6.21. The van der Waals surface area contributed by atoms with E-state index in [1.54, 1.807) is 12.1 Å². The van der Waals surface area contributed by atoms with Crippen LogP contribution >= 0.6 is 0 Å². The third kappa shape index (κ3) is 3.33. The van der Waals surface area contributed by atoms with E-state index in [-0.39, 0.29) is 12.5 Å². The van der Waals surface area contributed by atoms with Crippen LogP contribution in [0, 0.1) is 0 Å². The van der Waals surface area contributed by atoms with Gasteiger partial charge in [-0.1, -0.05) is 30.3 Å². The lowest BCUT2D eigenvalue weighted by Crippen LogP contribution is -2.30. The van der Waals surface area contributed by atoms with Crippen LogP contribution in [0.5, 0.6) is 5.88 Å². The first-order valence-corrected chi connectivity index (χ1v) is 6.21. The SMILES string of the molecule is COc1ccc(C(=O)NC(CO)c2ccccc2)cn1. The highest BCUT2D eigenvalue weighted by Crippen LogP contribution is 2.13. The smallest absolute Gasteiger partial charge is 0.253 e. The number of methoxy groups -OCH3 is 1. The summed E-state index contributed by atoms with van der Waals surface area (Å²) in [7, 11) is 1.51. The number of ether oxygens (including phenoxy) is 1. The number of pyridine rings is 1. The lowest BCUT2D eigenvalue weighted by atomic mass is 10.1. The van der Waals surface area contributed by atoms with Gasteiger partial charge in [-0.25, -0.2) is 4.98 Å². The molecule has 0 saturated carbocycles. The third-order valence-electron chi connectivity index (χ3n) is 2.90. The molecule has 0 aliphatic carbocycles. The van der Waals surface area contributed by atoms with Crippen molar-refractivity contribution in [2.45, 2.75) is 6.04 Å². The largest absolute Gasteiger partial charge is 0.481 e. The highest BCUT2D eigenvalue weighted by molar-refractivity contribution is 5.94. The fourth-order valence-electron chi connectivity index (χ4n) is 1.80. The minimum Gasteiger partial charge on any atom is -0.481 e. The summed E-state index contributed by atoms with van der Waals surface area (Å²) in [6.45, 7) is -0.167. The molecule has 0 radical (unpaired) electrons. The molecule has 1 unspecified atom stereocenters. The first kappa shape index (κ1) is 14.0. The highest BCUT2D eigenvalue weighted by Gasteiger charge is 2.14. The molecule has 1 atom stereocenters. The molecular weight excluding hydrogens is 256 g/mol. The normalized spacial score (nSPS) is 11.7. The number of aliphatic hydroxyl groups excluding tert-OH is 1. The highest BCUT2D eigenvalue weighted by atomic mass is 16.5. The Balaban J connectivity index is 2.09. The van der Waals surface area contributed by atoms with Crippen molar-refractivity contribution in [3.05, 3.63) is 59.8 Å². The summed E-state index contributed by atoms with van der Waals surface area (Å²) in [5, 5.41) is 12.2. The fourth-order valence-corrected chi connectivity index (χ4v) is 1.80. The van der Waals surface area contributed by atoms with Crippen LogP contribution in [0.4, 0.5) is 0 Å². The van der Waals surface area contributed by atoms with Crippen molar-refractivity contribution >= 4 is 5.91 Å². The summed E-state index contributed by atoms with van der Waals surface area (Å²) < 4.78 is 4.94. The molecule has 0 saturated heterocycles. The average Bonchev–Trinajstić information content (AvgIpc) is 2.53. The minimum absolute atomic E-state index is 0.167. The van der Waals surface area contributed by atoms with Crippen molar-refractivity contribution in [2.75, 3.05) is 13.7 Å². The molecule has 0 spiro atoms. The molecule has 2 aromatic rings. The van der Waals surface area contributed by atoms with Crippen molar-refractivity contribution < 1.29 is 14.6 Å². The topological polar surface area (TPSA) is 71.5 Å². The third-order valence-corrected chi connectivity index (χ3v) is 2.90. The Morgan fingerprint density at radius 3 is 2.60 bits per heavy atom. The molecule has 1 amide bonds. The predicted molar refractivity (Wildman–Crippen MR) is 74.5 cm³/mol. The Hall–Kier alpha value is -2.40. The van der Waals surface area contributed by atoms with Crippen molar-refractivity contribution in [3.63, 3.8) is 0 Å². The number of rotatable bonds is 5. The number of aliphatic hydroxyl groups is 1. The molecule has 20 heavy (non-hydrogen) atoms. The van der Waals surface area contributed by atoms with Gasteiger partial charge in [0, 0.05) is 12.3 Å². The van der Waals surface area contributed by atoms with E-state index in [0.717, 1.165) is 5.56 Å². The monoisotopic (exact) mass is 272 g/mol. The Morgan fingerprint density at radius 2 is 2.05 bits per heavy atom. The summed E-state index contributed by atoms with van der Waals surface area (Å²) in [5.74, 6) is 0.159. The van der Waals surface area contributed by atoms with Crippen LogP contribution in [-0.2, 0) is 0 Å². The number of aromatic nitrogens is 1. The molecule has 5 heteroatoms. The van der Waals surface area contributed by atoms with Gasteiger partial charge in [0.2, 0.25) is 5.88 Å². The van der Waals surface area contributed by atoms with E-state index in [2.05, 4.69) is 10.3 Å². The van der Waals surface area contributed by atoms with Gasteiger partial charge in [-0.05, 0) is 11.6 Å². The van der Waals surface area contributed by atoms with Gasteiger partial charge in [0.1, 0.15) is 0 Å². The van der Waals surface area contributed by atoms with Crippen LogP contribution in [0.2, 0.25) is 0 Å². The molecule has 0 bridgehead atoms. The molecule has 5 nitrogen and oxygen atoms in total. The van der Waals surface area contributed by atoms with Crippen LogP contribution in [0.1, 0.15) is 22.0 Å². The van der Waals surface area contributed by atoms with Gasteiger partial charge < -0.3 is 15.2 Å². The maximum Gasteiger partial charge on any atom is 0.253 e. The van der Waals surface area contributed by atoms with Crippen LogP contribution in [0.3, 0.4) is 0 Å². The fraction of sp³-hybridized carbons (Fsp3) is 0.200. The van der Waals surface area contributed by atoms with E-state index in [1.165, 1.54) is 13.3 Å². The molecule has 0 aliphatic rings. The summed E-state index contributed by atoms with van der Waals surface area (Å²) in [4.78, 5) is 16.1. The van der Waals surface area contributed by atoms with Crippen LogP contribution in [0.25, 0.3) is 0 Å². The van der Waals surface area contributed by atoms with E-state index >= 15 is 0 Å². The quantitative estimate of drug-likeness (QED) is 0.866. The second kappa shape index (κ2) is 6.68. The molecule has 2 rings (SSSR count). The zero-order valence-electron chi connectivity index (χ0n) is 11.1. The number of hydrogen-bond acceptors (Lipinski definition) is 4. The lowest BCUT2D eigenvalue weighted by molar-refractivity contribution is 0.0915. The predicted octanol–water partition coefficient (Wildman–Crippen LogP) is 1.55. The van der Waals surface area contributed by atoms with Crippen molar-refractivity contribution in [1.82, 2.24) is 10.3 Å². The number of nitrogens with zero attached hydrogens (tertiary/aromatic N) is 1. The van der Waals surface area contributed by atoms with Crippen molar-refractivity contribution in [3.8, 4) is 5.88 Å².